The number of hydrogen-bond acceptors (Lipinski definition) is 3. The monoisotopic (exact) mass is 257 g/mol. The van der Waals surface area contributed by atoms with Crippen LogP contribution in [0.5, 0.6) is 0 Å². The Morgan fingerprint density at radius 3 is 2.50 bits per heavy atom. The lowest BCUT2D eigenvalue weighted by atomic mass is 10.1. The van der Waals surface area contributed by atoms with Crippen molar-refractivity contribution >= 4 is 12.1 Å². The molecule has 0 aromatic carbocycles. The van der Waals surface area contributed by atoms with Gasteiger partial charge in [-0.2, -0.15) is 0 Å². The van der Waals surface area contributed by atoms with Crippen molar-refractivity contribution in [1.29, 1.82) is 0 Å². The maximum Gasteiger partial charge on any atom is 0.407 e. The zero-order chi connectivity index (χ0) is 13.8. The summed E-state index contributed by atoms with van der Waals surface area (Å²) in [7, 11) is 0. The summed E-state index contributed by atoms with van der Waals surface area (Å²) < 4.78 is 4.86. The lowest BCUT2D eigenvalue weighted by Gasteiger charge is -2.09. The van der Waals surface area contributed by atoms with Gasteiger partial charge in [0.15, 0.2) is 0 Å². The minimum absolute atomic E-state index is 0.333. The van der Waals surface area contributed by atoms with E-state index in [1.807, 2.05) is 6.08 Å². The van der Waals surface area contributed by atoms with E-state index in [2.05, 4.69) is 11.9 Å². The Morgan fingerprint density at radius 2 is 1.89 bits per heavy atom. The number of hydrogen-bond donors (Lipinski definition) is 2. The summed E-state index contributed by atoms with van der Waals surface area (Å²) in [6, 6.07) is -0.920. The van der Waals surface area contributed by atoms with Crippen LogP contribution in [0.15, 0.2) is 12.7 Å². The van der Waals surface area contributed by atoms with Crippen molar-refractivity contribution < 1.29 is 19.4 Å². The summed E-state index contributed by atoms with van der Waals surface area (Å²) in [5.41, 5.74) is 0. The smallest absolute Gasteiger partial charge is 0.407 e. The number of allylic oxidation sites excluding steroid dienone is 1. The summed E-state index contributed by atoms with van der Waals surface area (Å²) >= 11 is 0. The van der Waals surface area contributed by atoms with Crippen molar-refractivity contribution in [3.8, 4) is 0 Å². The summed E-state index contributed by atoms with van der Waals surface area (Å²) in [6.45, 7) is 5.38. The molecule has 0 aliphatic carbocycles. The van der Waals surface area contributed by atoms with Gasteiger partial charge in [-0.3, -0.25) is 4.79 Å². The maximum absolute atomic E-state index is 11.1. The zero-order valence-corrected chi connectivity index (χ0v) is 11.0. The molecule has 0 unspecified atom stereocenters. The number of ether oxygens (including phenoxy) is 1. The summed E-state index contributed by atoms with van der Waals surface area (Å²) in [5, 5.41) is 10.8. The highest BCUT2D eigenvalue weighted by atomic mass is 16.5. The molecule has 5 heteroatoms. The third kappa shape index (κ3) is 9.69. The first-order chi connectivity index (χ1) is 8.57. The second-order valence-corrected chi connectivity index (χ2v) is 4.19. The topological polar surface area (TPSA) is 75.6 Å². The van der Waals surface area contributed by atoms with Crippen molar-refractivity contribution in [3.05, 3.63) is 12.7 Å². The molecule has 0 fully saturated rings. The minimum atomic E-state index is -1.07. The van der Waals surface area contributed by atoms with Crippen molar-refractivity contribution in [2.45, 2.75) is 51.5 Å². The number of rotatable bonds is 10. The molecular formula is C13H23NO4. The molecule has 0 radical (unpaired) electrons. The summed E-state index contributed by atoms with van der Waals surface area (Å²) in [5.74, 6) is -1.07. The Morgan fingerprint density at radius 1 is 1.28 bits per heavy atom. The summed E-state index contributed by atoms with van der Waals surface area (Å²) in [6.07, 6.45) is 7.54. The Labute approximate surface area is 108 Å². The van der Waals surface area contributed by atoms with Crippen LogP contribution in [0.4, 0.5) is 4.79 Å². The summed E-state index contributed by atoms with van der Waals surface area (Å²) in [4.78, 5) is 21.6. The molecule has 0 saturated carbocycles. The number of carbonyl (C=O) groups excluding carboxylic acids is 1. The van der Waals surface area contributed by atoms with Gasteiger partial charge in [-0.15, -0.1) is 6.58 Å². The maximum atomic E-state index is 11.1. The van der Waals surface area contributed by atoms with Gasteiger partial charge >= 0.3 is 12.1 Å². The van der Waals surface area contributed by atoms with E-state index in [-0.39, 0.29) is 0 Å². The number of carboxylic acid groups (broad SMARTS) is 1. The third-order valence-corrected chi connectivity index (χ3v) is 2.49. The van der Waals surface area contributed by atoms with Crippen LogP contribution in [0.1, 0.15) is 45.4 Å². The SMILES string of the molecule is C=CCCCCCCCOC(=O)N[C@@H](C)C(=O)O. The van der Waals surface area contributed by atoms with Gasteiger partial charge in [0, 0.05) is 0 Å². The average molecular weight is 257 g/mol. The number of aliphatic carboxylic acids is 1. The van der Waals surface area contributed by atoms with E-state index in [0.29, 0.717) is 6.61 Å². The number of alkyl carbamates (subject to hydrolysis) is 1. The fourth-order valence-corrected chi connectivity index (χ4v) is 1.37. The van der Waals surface area contributed by atoms with Crippen molar-refractivity contribution in [2.75, 3.05) is 6.61 Å². The van der Waals surface area contributed by atoms with Crippen molar-refractivity contribution in [1.82, 2.24) is 5.32 Å². The number of amides is 1. The van der Waals surface area contributed by atoms with Crippen LogP contribution in [-0.4, -0.2) is 29.8 Å². The minimum Gasteiger partial charge on any atom is -0.480 e. The van der Waals surface area contributed by atoms with Crippen LogP contribution in [0, 0.1) is 0 Å². The molecule has 0 saturated heterocycles. The van der Waals surface area contributed by atoms with E-state index < -0.39 is 18.1 Å². The van der Waals surface area contributed by atoms with E-state index in [9.17, 15) is 9.59 Å². The van der Waals surface area contributed by atoms with Crippen molar-refractivity contribution in [2.24, 2.45) is 0 Å². The Balaban J connectivity index is 3.35. The molecule has 0 aliphatic rings. The van der Waals surface area contributed by atoms with Crippen LogP contribution in [0.3, 0.4) is 0 Å². The van der Waals surface area contributed by atoms with Gasteiger partial charge in [0.05, 0.1) is 6.61 Å². The van der Waals surface area contributed by atoms with Crippen LogP contribution in [0.25, 0.3) is 0 Å². The largest absolute Gasteiger partial charge is 0.480 e. The Bertz CT molecular complexity index is 266. The predicted octanol–water partition coefficient (Wildman–Crippen LogP) is 2.71. The van der Waals surface area contributed by atoms with Crippen molar-refractivity contribution in [3.63, 3.8) is 0 Å². The second kappa shape index (κ2) is 10.6. The first kappa shape index (κ1) is 16.5. The fourth-order valence-electron chi connectivity index (χ4n) is 1.37. The molecule has 0 rings (SSSR count). The molecule has 1 amide bonds. The Hall–Kier alpha value is -1.52. The molecule has 0 bridgehead atoms. The highest BCUT2D eigenvalue weighted by Crippen LogP contribution is 2.05. The first-order valence-electron chi connectivity index (χ1n) is 6.35. The second-order valence-electron chi connectivity index (χ2n) is 4.19. The number of nitrogens with one attached hydrogen (secondary N) is 1. The molecule has 5 nitrogen and oxygen atoms in total. The molecule has 104 valence electrons. The quantitative estimate of drug-likeness (QED) is 0.466. The van der Waals surface area contributed by atoms with Gasteiger partial charge in [-0.1, -0.05) is 25.3 Å². The molecular weight excluding hydrogens is 234 g/mol. The van der Waals surface area contributed by atoms with Crippen LogP contribution < -0.4 is 5.32 Å². The van der Waals surface area contributed by atoms with E-state index in [1.165, 1.54) is 6.92 Å². The fraction of sp³-hybridized carbons (Fsp3) is 0.692. The predicted molar refractivity (Wildman–Crippen MR) is 69.5 cm³/mol. The zero-order valence-electron chi connectivity index (χ0n) is 11.0. The van der Waals surface area contributed by atoms with Gasteiger partial charge in [-0.05, 0) is 26.2 Å². The molecule has 1 atom stereocenters. The molecule has 0 spiro atoms. The highest BCUT2D eigenvalue weighted by molar-refractivity contribution is 5.79. The van der Waals surface area contributed by atoms with E-state index in [0.717, 1.165) is 38.5 Å². The number of carbonyl (C=O) groups is 2. The molecule has 0 aliphatic heterocycles. The number of carboxylic acids is 1. The van der Waals surface area contributed by atoms with Crippen LogP contribution >= 0.6 is 0 Å². The van der Waals surface area contributed by atoms with E-state index in [1.54, 1.807) is 0 Å². The van der Waals surface area contributed by atoms with Crippen LogP contribution in [0.2, 0.25) is 0 Å². The molecule has 0 aromatic rings. The van der Waals surface area contributed by atoms with Gasteiger partial charge in [0.25, 0.3) is 0 Å². The number of unbranched alkanes of at least 4 members (excludes halogenated alkanes) is 5. The Kier molecular flexibility index (Phi) is 9.73. The molecule has 18 heavy (non-hydrogen) atoms. The van der Waals surface area contributed by atoms with Gasteiger partial charge in [0.2, 0.25) is 0 Å². The normalized spacial score (nSPS) is 11.6. The average Bonchev–Trinajstić information content (AvgIpc) is 2.32. The van der Waals surface area contributed by atoms with Crippen LogP contribution in [-0.2, 0) is 9.53 Å². The van der Waals surface area contributed by atoms with E-state index >= 15 is 0 Å². The van der Waals surface area contributed by atoms with Gasteiger partial charge in [0.1, 0.15) is 6.04 Å². The lowest BCUT2D eigenvalue weighted by molar-refractivity contribution is -0.138. The first-order valence-corrected chi connectivity index (χ1v) is 6.35. The lowest BCUT2D eigenvalue weighted by Crippen LogP contribution is -2.38. The third-order valence-electron chi connectivity index (χ3n) is 2.49. The standard InChI is InChI=1S/C13H23NO4/c1-3-4-5-6-7-8-9-10-18-13(17)14-11(2)12(15)16/h3,11H,1,4-10H2,2H3,(H,14,17)(H,15,16)/t11-/m0/s1. The van der Waals surface area contributed by atoms with E-state index in [4.69, 9.17) is 9.84 Å². The highest BCUT2D eigenvalue weighted by Gasteiger charge is 2.14. The van der Waals surface area contributed by atoms with Gasteiger partial charge < -0.3 is 15.2 Å². The molecule has 0 aromatic heterocycles. The molecule has 2 N–H and O–H groups in total. The van der Waals surface area contributed by atoms with Gasteiger partial charge in [-0.25, -0.2) is 4.79 Å². The molecule has 0 heterocycles.